The number of para-hydroxylation sites is 1. The summed E-state index contributed by atoms with van der Waals surface area (Å²) in [5.74, 6) is -0.996. The summed E-state index contributed by atoms with van der Waals surface area (Å²) in [6, 6.07) is 16.8. The molecule has 0 bridgehead atoms. The van der Waals surface area contributed by atoms with Crippen LogP contribution in [-0.2, 0) is 18.4 Å². The van der Waals surface area contributed by atoms with E-state index in [0.29, 0.717) is 0 Å². The Morgan fingerprint density at radius 2 is 1.68 bits per heavy atom. The summed E-state index contributed by atoms with van der Waals surface area (Å²) in [5.41, 5.74) is 0.0655. The summed E-state index contributed by atoms with van der Waals surface area (Å²) in [6.07, 6.45) is 0. The Morgan fingerprint density at radius 3 is 2.39 bits per heavy atom. The van der Waals surface area contributed by atoms with Gasteiger partial charge in [-0.3, -0.25) is 23.5 Å². The van der Waals surface area contributed by atoms with Crippen LogP contribution in [0.4, 0.5) is 5.69 Å². The second kappa shape index (κ2) is 9.44. The van der Waals surface area contributed by atoms with Gasteiger partial charge in [0.1, 0.15) is 11.7 Å². The zero-order chi connectivity index (χ0) is 22.5. The quantitative estimate of drug-likeness (QED) is 0.574. The Hall–Kier alpha value is -3.65. The Morgan fingerprint density at radius 1 is 1.03 bits per heavy atom. The number of aromatic nitrogens is 2. The predicted molar refractivity (Wildman–Crippen MR) is 118 cm³/mol. The first-order chi connectivity index (χ1) is 14.8. The van der Waals surface area contributed by atoms with Crippen molar-refractivity contribution < 1.29 is 9.59 Å². The lowest BCUT2D eigenvalue weighted by atomic mass is 10.1. The topological polar surface area (TPSA) is 102 Å². The summed E-state index contributed by atoms with van der Waals surface area (Å²) in [5, 5.41) is 5.47. The molecule has 0 aliphatic heterocycles. The standard InChI is InChI=1S/C22H21ClN4O4/c1-14(15-8-4-3-5-9-15)24-21(30)16-10-6-7-11-17(16)25-19(28)13-27-20(29)12-18(23)26(2)22(27)31/h3-12,14H,13H2,1-2H3,(H,24,30)(H,25,28)/t14-/m0/s1. The van der Waals surface area contributed by atoms with Gasteiger partial charge in [0.15, 0.2) is 0 Å². The Balaban J connectivity index is 1.77. The second-order valence-electron chi connectivity index (χ2n) is 6.93. The molecule has 0 fully saturated rings. The van der Waals surface area contributed by atoms with Crippen LogP contribution in [0.15, 0.2) is 70.3 Å². The lowest BCUT2D eigenvalue weighted by Crippen LogP contribution is -2.41. The highest BCUT2D eigenvalue weighted by atomic mass is 35.5. The van der Waals surface area contributed by atoms with E-state index in [0.717, 1.165) is 20.8 Å². The van der Waals surface area contributed by atoms with E-state index >= 15 is 0 Å². The molecule has 2 N–H and O–H groups in total. The van der Waals surface area contributed by atoms with Gasteiger partial charge < -0.3 is 10.6 Å². The third kappa shape index (κ3) is 5.10. The SMILES string of the molecule is C[C@H](NC(=O)c1ccccc1NC(=O)Cn1c(=O)cc(Cl)n(C)c1=O)c1ccccc1. The van der Waals surface area contributed by atoms with E-state index in [9.17, 15) is 19.2 Å². The number of rotatable bonds is 6. The van der Waals surface area contributed by atoms with Gasteiger partial charge in [0, 0.05) is 13.1 Å². The molecular formula is C22H21ClN4O4. The number of halogens is 1. The molecule has 3 rings (SSSR count). The summed E-state index contributed by atoms with van der Waals surface area (Å²) in [7, 11) is 1.39. The average molecular weight is 441 g/mol. The molecule has 31 heavy (non-hydrogen) atoms. The highest BCUT2D eigenvalue weighted by Crippen LogP contribution is 2.18. The van der Waals surface area contributed by atoms with E-state index in [1.165, 1.54) is 7.05 Å². The minimum absolute atomic E-state index is 0.0267. The number of nitrogens with one attached hydrogen (secondary N) is 2. The summed E-state index contributed by atoms with van der Waals surface area (Å²) in [6.45, 7) is 1.34. The maximum Gasteiger partial charge on any atom is 0.332 e. The van der Waals surface area contributed by atoms with Crippen molar-refractivity contribution in [1.82, 2.24) is 14.5 Å². The van der Waals surface area contributed by atoms with Crippen molar-refractivity contribution in [2.45, 2.75) is 19.5 Å². The average Bonchev–Trinajstić information content (AvgIpc) is 2.76. The van der Waals surface area contributed by atoms with Crippen molar-refractivity contribution in [2.24, 2.45) is 7.05 Å². The fourth-order valence-electron chi connectivity index (χ4n) is 3.01. The van der Waals surface area contributed by atoms with Crippen LogP contribution in [0.2, 0.25) is 5.15 Å². The monoisotopic (exact) mass is 440 g/mol. The van der Waals surface area contributed by atoms with Crippen LogP contribution in [0.1, 0.15) is 28.9 Å². The highest BCUT2D eigenvalue weighted by molar-refractivity contribution is 6.29. The lowest BCUT2D eigenvalue weighted by Gasteiger charge is -2.16. The molecular weight excluding hydrogens is 420 g/mol. The number of anilines is 1. The van der Waals surface area contributed by atoms with Gasteiger partial charge in [-0.1, -0.05) is 54.1 Å². The Kier molecular flexibility index (Phi) is 6.71. The van der Waals surface area contributed by atoms with Gasteiger partial charge in [0.05, 0.1) is 17.3 Å². The van der Waals surface area contributed by atoms with Crippen LogP contribution < -0.4 is 21.9 Å². The summed E-state index contributed by atoms with van der Waals surface area (Å²) >= 11 is 5.80. The van der Waals surface area contributed by atoms with Gasteiger partial charge in [-0.05, 0) is 24.6 Å². The predicted octanol–water partition coefficient (Wildman–Crippen LogP) is 2.33. The molecule has 1 aromatic heterocycles. The van der Waals surface area contributed by atoms with E-state index in [1.54, 1.807) is 24.3 Å². The summed E-state index contributed by atoms with van der Waals surface area (Å²) < 4.78 is 1.82. The number of amides is 2. The first kappa shape index (κ1) is 22.0. The van der Waals surface area contributed by atoms with Crippen molar-refractivity contribution in [3.05, 3.63) is 97.8 Å². The van der Waals surface area contributed by atoms with Crippen molar-refractivity contribution in [1.29, 1.82) is 0 Å². The van der Waals surface area contributed by atoms with E-state index in [2.05, 4.69) is 10.6 Å². The molecule has 2 amide bonds. The second-order valence-corrected chi connectivity index (χ2v) is 7.32. The third-order valence-corrected chi connectivity index (χ3v) is 5.10. The van der Waals surface area contributed by atoms with Crippen LogP contribution in [0.5, 0.6) is 0 Å². The number of hydrogen-bond donors (Lipinski definition) is 2. The van der Waals surface area contributed by atoms with E-state index < -0.39 is 23.7 Å². The number of hydrogen-bond acceptors (Lipinski definition) is 4. The summed E-state index contributed by atoms with van der Waals surface area (Å²) in [4.78, 5) is 49.6. The van der Waals surface area contributed by atoms with Crippen LogP contribution in [0, 0.1) is 0 Å². The van der Waals surface area contributed by atoms with Crippen LogP contribution >= 0.6 is 11.6 Å². The van der Waals surface area contributed by atoms with Gasteiger partial charge in [-0.2, -0.15) is 0 Å². The number of nitrogens with zero attached hydrogens (tertiary/aromatic N) is 2. The first-order valence-corrected chi connectivity index (χ1v) is 9.86. The van der Waals surface area contributed by atoms with Crippen LogP contribution in [0.3, 0.4) is 0 Å². The normalized spacial score (nSPS) is 11.6. The van der Waals surface area contributed by atoms with Crippen molar-refractivity contribution in [2.75, 3.05) is 5.32 Å². The molecule has 0 aliphatic carbocycles. The number of benzene rings is 2. The van der Waals surface area contributed by atoms with Gasteiger partial charge in [-0.25, -0.2) is 4.79 Å². The first-order valence-electron chi connectivity index (χ1n) is 9.49. The van der Waals surface area contributed by atoms with Crippen LogP contribution in [-0.4, -0.2) is 20.9 Å². The molecule has 9 heteroatoms. The molecule has 2 aromatic carbocycles. The fourth-order valence-corrected chi connectivity index (χ4v) is 3.18. The molecule has 0 aliphatic rings. The van der Waals surface area contributed by atoms with Gasteiger partial charge >= 0.3 is 5.69 Å². The Bertz CT molecular complexity index is 1230. The maximum absolute atomic E-state index is 12.8. The number of carbonyl (C=O) groups is 2. The minimum Gasteiger partial charge on any atom is -0.345 e. The molecule has 8 nitrogen and oxygen atoms in total. The third-order valence-electron chi connectivity index (χ3n) is 4.74. The molecule has 0 saturated heterocycles. The largest absolute Gasteiger partial charge is 0.345 e. The van der Waals surface area contributed by atoms with Crippen LogP contribution in [0.25, 0.3) is 0 Å². The number of carbonyl (C=O) groups excluding carboxylic acids is 2. The van der Waals surface area contributed by atoms with E-state index in [-0.39, 0.29) is 28.4 Å². The van der Waals surface area contributed by atoms with Gasteiger partial charge in [0.25, 0.3) is 11.5 Å². The van der Waals surface area contributed by atoms with E-state index in [1.807, 2.05) is 37.3 Å². The van der Waals surface area contributed by atoms with Crippen molar-refractivity contribution in [3.8, 4) is 0 Å². The zero-order valence-electron chi connectivity index (χ0n) is 17.0. The smallest absolute Gasteiger partial charge is 0.332 e. The van der Waals surface area contributed by atoms with Crippen molar-refractivity contribution in [3.63, 3.8) is 0 Å². The maximum atomic E-state index is 12.8. The Labute approximate surface area is 183 Å². The van der Waals surface area contributed by atoms with Gasteiger partial charge in [0.2, 0.25) is 5.91 Å². The zero-order valence-corrected chi connectivity index (χ0v) is 17.7. The molecule has 0 unspecified atom stereocenters. The molecule has 0 radical (unpaired) electrons. The molecule has 0 spiro atoms. The van der Waals surface area contributed by atoms with Gasteiger partial charge in [-0.15, -0.1) is 0 Å². The van der Waals surface area contributed by atoms with Crippen molar-refractivity contribution >= 4 is 29.1 Å². The molecule has 160 valence electrons. The molecule has 1 heterocycles. The fraction of sp³-hybridized carbons (Fsp3) is 0.182. The molecule has 3 aromatic rings. The molecule has 1 atom stereocenters. The highest BCUT2D eigenvalue weighted by Gasteiger charge is 2.17. The lowest BCUT2D eigenvalue weighted by molar-refractivity contribution is -0.116. The molecule has 0 saturated carbocycles. The van der Waals surface area contributed by atoms with E-state index in [4.69, 9.17) is 11.6 Å². The minimum atomic E-state index is -0.713.